The molecule has 0 aromatic heterocycles. The van der Waals surface area contributed by atoms with Crippen LogP contribution in [0.15, 0.2) is 54.6 Å². The maximum absolute atomic E-state index is 11.0. The van der Waals surface area contributed by atoms with E-state index in [0.717, 1.165) is 37.9 Å². The van der Waals surface area contributed by atoms with Crippen LogP contribution in [-0.4, -0.2) is 22.6 Å². The van der Waals surface area contributed by atoms with Gasteiger partial charge in [0, 0.05) is 0 Å². The molecule has 3 rings (SSSR count). The van der Waals surface area contributed by atoms with Crippen molar-refractivity contribution < 1.29 is 23.6 Å². The molecule has 1 fully saturated rings. The van der Waals surface area contributed by atoms with E-state index >= 15 is 0 Å². The van der Waals surface area contributed by atoms with E-state index in [0.29, 0.717) is 12.5 Å². The van der Waals surface area contributed by atoms with Gasteiger partial charge in [0.05, 0.1) is 6.61 Å². The SMILES string of the molecule is NC(OP(=O)(O)O)C1CCC(c2ccc(CCCOc3ccccc3)cc2)C1. The molecule has 0 aliphatic heterocycles. The monoisotopic (exact) mass is 405 g/mol. The Hall–Kier alpha value is -1.69. The minimum atomic E-state index is -4.54. The van der Waals surface area contributed by atoms with Gasteiger partial charge in [0.25, 0.3) is 0 Å². The zero-order valence-electron chi connectivity index (χ0n) is 15.8. The second-order valence-electron chi connectivity index (χ2n) is 7.34. The fraction of sp³-hybridized carbons (Fsp3) is 0.429. The molecule has 28 heavy (non-hydrogen) atoms. The standard InChI is InChI=1S/C21H28NO5P/c22-21(27-28(23,24)25)19-13-12-18(15-19)17-10-8-16(9-11-17)5-4-14-26-20-6-2-1-3-7-20/h1-3,6-11,18-19,21H,4-5,12-15,22H2,(H2,23,24,25). The molecule has 2 aromatic rings. The van der Waals surface area contributed by atoms with E-state index in [1.54, 1.807) is 0 Å². The largest absolute Gasteiger partial charge is 0.494 e. The fourth-order valence-corrected chi connectivity index (χ4v) is 4.29. The summed E-state index contributed by atoms with van der Waals surface area (Å²) in [4.78, 5) is 17.8. The van der Waals surface area contributed by atoms with Crippen molar-refractivity contribution in [3.05, 3.63) is 65.7 Å². The number of nitrogens with two attached hydrogens (primary N) is 1. The maximum Gasteiger partial charge on any atom is 0.471 e. The summed E-state index contributed by atoms with van der Waals surface area (Å²) < 4.78 is 21.3. The lowest BCUT2D eigenvalue weighted by molar-refractivity contribution is 0.0940. The van der Waals surface area contributed by atoms with Gasteiger partial charge in [-0.15, -0.1) is 0 Å². The average molecular weight is 405 g/mol. The molecule has 0 radical (unpaired) electrons. The number of para-hydroxylation sites is 1. The molecule has 1 saturated carbocycles. The summed E-state index contributed by atoms with van der Waals surface area (Å²) in [6.07, 6.45) is 3.54. The van der Waals surface area contributed by atoms with Gasteiger partial charge in [0.2, 0.25) is 0 Å². The number of hydrogen-bond acceptors (Lipinski definition) is 4. The van der Waals surface area contributed by atoms with E-state index < -0.39 is 14.1 Å². The molecule has 152 valence electrons. The number of rotatable bonds is 9. The molecule has 0 spiro atoms. The highest BCUT2D eigenvalue weighted by Gasteiger charge is 2.33. The molecule has 1 aliphatic carbocycles. The Bertz CT molecular complexity index is 777. The highest BCUT2D eigenvalue weighted by atomic mass is 31.2. The Morgan fingerprint density at radius 3 is 2.46 bits per heavy atom. The zero-order valence-corrected chi connectivity index (χ0v) is 16.7. The van der Waals surface area contributed by atoms with Crippen LogP contribution in [0.1, 0.15) is 42.7 Å². The first-order chi connectivity index (χ1) is 13.4. The molecule has 3 atom stereocenters. The van der Waals surface area contributed by atoms with Crippen LogP contribution in [-0.2, 0) is 15.5 Å². The highest BCUT2D eigenvalue weighted by molar-refractivity contribution is 7.46. The van der Waals surface area contributed by atoms with E-state index in [1.165, 1.54) is 11.1 Å². The van der Waals surface area contributed by atoms with E-state index in [-0.39, 0.29) is 5.92 Å². The van der Waals surface area contributed by atoms with Crippen molar-refractivity contribution in [2.45, 2.75) is 44.2 Å². The molecule has 0 heterocycles. The van der Waals surface area contributed by atoms with Crippen molar-refractivity contribution in [1.82, 2.24) is 0 Å². The third-order valence-corrected chi connectivity index (χ3v) is 5.79. The molecule has 0 amide bonds. The fourth-order valence-electron chi connectivity index (χ4n) is 3.80. The number of phosphoric acid groups is 1. The van der Waals surface area contributed by atoms with Crippen molar-refractivity contribution >= 4 is 7.82 Å². The lowest BCUT2D eigenvalue weighted by Crippen LogP contribution is -2.30. The van der Waals surface area contributed by atoms with Gasteiger partial charge in [-0.25, -0.2) is 4.57 Å². The van der Waals surface area contributed by atoms with E-state index in [1.807, 2.05) is 30.3 Å². The molecule has 2 aromatic carbocycles. The minimum Gasteiger partial charge on any atom is -0.494 e. The highest BCUT2D eigenvalue weighted by Crippen LogP contribution is 2.44. The minimum absolute atomic E-state index is 0.0348. The summed E-state index contributed by atoms with van der Waals surface area (Å²) in [5, 5.41) is 0. The van der Waals surface area contributed by atoms with E-state index in [9.17, 15) is 4.57 Å². The van der Waals surface area contributed by atoms with Gasteiger partial charge in [-0.1, -0.05) is 42.5 Å². The first-order valence-corrected chi connectivity index (χ1v) is 11.2. The van der Waals surface area contributed by atoms with Gasteiger partial charge in [0.1, 0.15) is 12.0 Å². The number of hydrogen-bond donors (Lipinski definition) is 3. The van der Waals surface area contributed by atoms with Crippen molar-refractivity contribution in [3.63, 3.8) is 0 Å². The smallest absolute Gasteiger partial charge is 0.471 e. The molecule has 0 bridgehead atoms. The molecule has 7 heteroatoms. The number of benzene rings is 2. The molecule has 1 aliphatic rings. The Morgan fingerprint density at radius 1 is 1.07 bits per heavy atom. The quantitative estimate of drug-likeness (QED) is 0.331. The molecular weight excluding hydrogens is 377 g/mol. The lowest BCUT2D eigenvalue weighted by Gasteiger charge is -2.20. The summed E-state index contributed by atoms with van der Waals surface area (Å²) in [7, 11) is -4.54. The van der Waals surface area contributed by atoms with Crippen molar-refractivity contribution in [1.29, 1.82) is 0 Å². The van der Waals surface area contributed by atoms with Gasteiger partial charge < -0.3 is 20.3 Å². The predicted octanol–water partition coefficient (Wildman–Crippen LogP) is 3.98. The zero-order chi connectivity index (χ0) is 20.0. The summed E-state index contributed by atoms with van der Waals surface area (Å²) in [6, 6.07) is 18.4. The molecule has 6 nitrogen and oxygen atoms in total. The Morgan fingerprint density at radius 2 is 1.79 bits per heavy atom. The van der Waals surface area contributed by atoms with Gasteiger partial charge in [0.15, 0.2) is 0 Å². The third kappa shape index (κ3) is 6.43. The maximum atomic E-state index is 11.0. The van der Waals surface area contributed by atoms with Crippen LogP contribution in [0.3, 0.4) is 0 Å². The Balaban J connectivity index is 1.43. The van der Waals surface area contributed by atoms with Gasteiger partial charge in [-0.3, -0.25) is 4.52 Å². The average Bonchev–Trinajstić information content (AvgIpc) is 3.16. The summed E-state index contributed by atoms with van der Waals surface area (Å²) >= 11 is 0. The number of phosphoric ester groups is 1. The van der Waals surface area contributed by atoms with Crippen LogP contribution in [0.2, 0.25) is 0 Å². The van der Waals surface area contributed by atoms with Crippen LogP contribution in [0.5, 0.6) is 5.75 Å². The lowest BCUT2D eigenvalue weighted by atomic mass is 9.94. The first kappa shape index (κ1) is 21.0. The van der Waals surface area contributed by atoms with E-state index in [2.05, 4.69) is 28.8 Å². The van der Waals surface area contributed by atoms with Gasteiger partial charge in [-0.05, 0) is 67.2 Å². The number of aryl methyl sites for hydroxylation is 1. The van der Waals surface area contributed by atoms with Crippen molar-refractivity contribution in [2.75, 3.05) is 6.61 Å². The Labute approximate surface area is 165 Å². The second-order valence-corrected chi connectivity index (χ2v) is 8.53. The third-order valence-electron chi connectivity index (χ3n) is 5.27. The topological polar surface area (TPSA) is 102 Å². The second kappa shape index (κ2) is 9.68. The van der Waals surface area contributed by atoms with E-state index in [4.69, 9.17) is 20.3 Å². The molecule has 3 unspecified atom stereocenters. The molecule has 4 N–H and O–H groups in total. The van der Waals surface area contributed by atoms with Crippen LogP contribution >= 0.6 is 7.82 Å². The van der Waals surface area contributed by atoms with Crippen LogP contribution in [0.4, 0.5) is 0 Å². The van der Waals surface area contributed by atoms with Crippen LogP contribution in [0.25, 0.3) is 0 Å². The molecule has 0 saturated heterocycles. The predicted molar refractivity (Wildman–Crippen MR) is 108 cm³/mol. The summed E-state index contributed by atoms with van der Waals surface area (Å²) in [5.74, 6) is 1.22. The number of ether oxygens (including phenoxy) is 1. The van der Waals surface area contributed by atoms with Gasteiger partial charge >= 0.3 is 7.82 Å². The first-order valence-electron chi connectivity index (χ1n) is 9.67. The Kier molecular flexibility index (Phi) is 7.27. The van der Waals surface area contributed by atoms with Crippen molar-refractivity contribution in [2.24, 2.45) is 11.7 Å². The van der Waals surface area contributed by atoms with Crippen molar-refractivity contribution in [3.8, 4) is 5.75 Å². The molecular formula is C21H28NO5P. The summed E-state index contributed by atoms with van der Waals surface area (Å²) in [6.45, 7) is 0.688. The van der Waals surface area contributed by atoms with Crippen LogP contribution < -0.4 is 10.5 Å². The normalized spacial score (nSPS) is 20.8. The van der Waals surface area contributed by atoms with Crippen LogP contribution in [0, 0.1) is 5.92 Å². The van der Waals surface area contributed by atoms with Gasteiger partial charge in [-0.2, -0.15) is 0 Å². The summed E-state index contributed by atoms with van der Waals surface area (Å²) in [5.41, 5.74) is 8.33.